The lowest BCUT2D eigenvalue weighted by Crippen LogP contribution is -2.54. The molecule has 0 aromatic heterocycles. The summed E-state index contributed by atoms with van der Waals surface area (Å²) in [6.45, 7) is 1.62. The lowest BCUT2D eigenvalue weighted by atomic mass is 10.1. The number of nitriles is 1. The number of fused-ring (bicyclic) bond motifs is 1. The van der Waals surface area contributed by atoms with E-state index in [-0.39, 0.29) is 18.0 Å². The maximum Gasteiger partial charge on any atom is 0.321 e. The number of nitrogens with one attached hydrogen (secondary N) is 1. The van der Waals surface area contributed by atoms with E-state index in [1.54, 1.807) is 23.1 Å². The first-order chi connectivity index (χ1) is 13.6. The third-order valence-electron chi connectivity index (χ3n) is 5.10. The van der Waals surface area contributed by atoms with Crippen molar-refractivity contribution in [1.29, 1.82) is 5.26 Å². The first kappa shape index (κ1) is 17.9. The van der Waals surface area contributed by atoms with E-state index in [4.69, 9.17) is 4.74 Å². The first-order valence-corrected chi connectivity index (χ1v) is 9.26. The van der Waals surface area contributed by atoms with Gasteiger partial charge in [0.15, 0.2) is 0 Å². The average molecular weight is 376 g/mol. The van der Waals surface area contributed by atoms with Crippen molar-refractivity contribution in [3.05, 3.63) is 54.1 Å². The number of amides is 3. The standard InChI is InChI=1S/C21H20N4O3/c22-13-15-12-16(6-8-19(15)28-18-4-2-1-3-5-18)23-21(27)24-10-11-25-17(14-24)7-9-20(25)26/h1-6,8,12,17H,7,9-11,14H2,(H,23,27). The summed E-state index contributed by atoms with van der Waals surface area (Å²) in [5.41, 5.74) is 0.875. The van der Waals surface area contributed by atoms with Crippen molar-refractivity contribution in [2.75, 3.05) is 25.0 Å². The minimum absolute atomic E-state index is 0.114. The molecule has 1 unspecified atom stereocenters. The van der Waals surface area contributed by atoms with Crippen molar-refractivity contribution < 1.29 is 14.3 Å². The van der Waals surface area contributed by atoms with Gasteiger partial charge in [0, 0.05) is 37.8 Å². The molecule has 1 atom stereocenters. The SMILES string of the molecule is N#Cc1cc(NC(=O)N2CCN3C(=O)CCC3C2)ccc1Oc1ccccc1. The van der Waals surface area contributed by atoms with E-state index in [2.05, 4.69) is 11.4 Å². The molecule has 0 radical (unpaired) electrons. The number of piperazine rings is 1. The molecule has 1 N–H and O–H groups in total. The summed E-state index contributed by atoms with van der Waals surface area (Å²) in [4.78, 5) is 28.0. The van der Waals surface area contributed by atoms with Gasteiger partial charge in [0.1, 0.15) is 17.6 Å². The van der Waals surface area contributed by atoms with Crippen molar-refractivity contribution in [2.45, 2.75) is 18.9 Å². The summed E-state index contributed by atoms with van der Waals surface area (Å²) in [6.07, 6.45) is 1.36. The molecule has 2 heterocycles. The first-order valence-electron chi connectivity index (χ1n) is 9.26. The Morgan fingerprint density at radius 2 is 2.00 bits per heavy atom. The molecule has 2 aliphatic rings. The average Bonchev–Trinajstić information content (AvgIpc) is 3.10. The normalized spacial score (nSPS) is 18.4. The van der Waals surface area contributed by atoms with E-state index < -0.39 is 0 Å². The molecule has 0 bridgehead atoms. The van der Waals surface area contributed by atoms with Crippen LogP contribution < -0.4 is 10.1 Å². The summed E-state index contributed by atoms with van der Waals surface area (Å²) in [6, 6.07) is 16.2. The Bertz CT molecular complexity index is 938. The van der Waals surface area contributed by atoms with Gasteiger partial charge in [-0.25, -0.2) is 4.79 Å². The molecule has 2 aliphatic heterocycles. The van der Waals surface area contributed by atoms with Gasteiger partial charge >= 0.3 is 6.03 Å². The largest absolute Gasteiger partial charge is 0.456 e. The molecule has 0 aliphatic carbocycles. The van der Waals surface area contributed by atoms with Crippen molar-refractivity contribution >= 4 is 17.6 Å². The molecular formula is C21H20N4O3. The van der Waals surface area contributed by atoms with E-state index in [0.29, 0.717) is 48.8 Å². The fourth-order valence-electron chi connectivity index (χ4n) is 3.65. The number of urea groups is 1. The maximum absolute atomic E-state index is 12.6. The highest BCUT2D eigenvalue weighted by Crippen LogP contribution is 2.28. The number of anilines is 1. The summed E-state index contributed by atoms with van der Waals surface area (Å²) < 4.78 is 5.75. The summed E-state index contributed by atoms with van der Waals surface area (Å²) in [5, 5.41) is 12.3. The van der Waals surface area contributed by atoms with E-state index >= 15 is 0 Å². The fraction of sp³-hybridized carbons (Fsp3) is 0.286. The molecule has 7 heteroatoms. The van der Waals surface area contributed by atoms with E-state index in [0.717, 1.165) is 6.42 Å². The molecule has 0 saturated carbocycles. The second-order valence-electron chi connectivity index (χ2n) is 6.89. The van der Waals surface area contributed by atoms with Crippen molar-refractivity contribution in [3.8, 4) is 17.6 Å². The Hall–Kier alpha value is -3.53. The summed E-state index contributed by atoms with van der Waals surface area (Å²) >= 11 is 0. The number of nitrogens with zero attached hydrogens (tertiary/aromatic N) is 3. The number of hydrogen-bond acceptors (Lipinski definition) is 4. The van der Waals surface area contributed by atoms with Crippen molar-refractivity contribution in [1.82, 2.24) is 9.80 Å². The molecule has 2 aromatic carbocycles. The van der Waals surface area contributed by atoms with Gasteiger partial charge in [0.2, 0.25) is 5.91 Å². The van der Waals surface area contributed by atoms with Gasteiger partial charge in [-0.3, -0.25) is 4.79 Å². The van der Waals surface area contributed by atoms with Crippen LogP contribution in [0.5, 0.6) is 11.5 Å². The molecule has 2 saturated heterocycles. The lowest BCUT2D eigenvalue weighted by Gasteiger charge is -2.37. The minimum Gasteiger partial charge on any atom is -0.456 e. The summed E-state index contributed by atoms with van der Waals surface area (Å²) in [5.74, 6) is 1.25. The Morgan fingerprint density at radius 3 is 2.79 bits per heavy atom. The van der Waals surface area contributed by atoms with Crippen LogP contribution in [0.1, 0.15) is 18.4 Å². The van der Waals surface area contributed by atoms with Gasteiger partial charge < -0.3 is 19.9 Å². The number of ether oxygens (including phenoxy) is 1. The third kappa shape index (κ3) is 3.62. The van der Waals surface area contributed by atoms with Crippen LogP contribution in [0.3, 0.4) is 0 Å². The highest BCUT2D eigenvalue weighted by Gasteiger charge is 2.36. The minimum atomic E-state index is -0.223. The Morgan fingerprint density at radius 1 is 1.18 bits per heavy atom. The van der Waals surface area contributed by atoms with E-state index in [9.17, 15) is 14.9 Å². The molecule has 3 amide bonds. The highest BCUT2D eigenvalue weighted by molar-refractivity contribution is 5.90. The fourth-order valence-corrected chi connectivity index (χ4v) is 3.65. The number of carbonyl (C=O) groups is 2. The van der Waals surface area contributed by atoms with Crippen molar-refractivity contribution in [3.63, 3.8) is 0 Å². The maximum atomic E-state index is 12.6. The van der Waals surface area contributed by atoms with Crippen LogP contribution in [0.4, 0.5) is 10.5 Å². The number of carbonyl (C=O) groups excluding carboxylic acids is 2. The monoisotopic (exact) mass is 376 g/mol. The highest BCUT2D eigenvalue weighted by atomic mass is 16.5. The topological polar surface area (TPSA) is 85.7 Å². The smallest absolute Gasteiger partial charge is 0.321 e. The number of hydrogen-bond donors (Lipinski definition) is 1. The summed E-state index contributed by atoms with van der Waals surface area (Å²) in [7, 11) is 0. The van der Waals surface area contributed by atoms with Crippen LogP contribution in [0.25, 0.3) is 0 Å². The molecule has 142 valence electrons. The molecule has 2 fully saturated rings. The molecule has 7 nitrogen and oxygen atoms in total. The molecular weight excluding hydrogens is 356 g/mol. The van der Waals surface area contributed by atoms with Gasteiger partial charge in [-0.05, 0) is 36.8 Å². The van der Waals surface area contributed by atoms with Crippen LogP contribution in [0, 0.1) is 11.3 Å². The van der Waals surface area contributed by atoms with E-state index in [1.165, 1.54) is 0 Å². The lowest BCUT2D eigenvalue weighted by molar-refractivity contribution is -0.130. The zero-order valence-electron chi connectivity index (χ0n) is 15.3. The number of rotatable bonds is 3. The second kappa shape index (κ2) is 7.61. The van der Waals surface area contributed by atoms with Crippen LogP contribution in [-0.2, 0) is 4.79 Å². The second-order valence-corrected chi connectivity index (χ2v) is 6.89. The molecule has 2 aromatic rings. The van der Waals surface area contributed by atoms with Gasteiger partial charge in [0.05, 0.1) is 5.56 Å². The zero-order chi connectivity index (χ0) is 19.5. The Labute approximate surface area is 163 Å². The predicted molar refractivity (Wildman–Crippen MR) is 103 cm³/mol. The number of benzene rings is 2. The Kier molecular flexibility index (Phi) is 4.85. The predicted octanol–water partition coefficient (Wildman–Crippen LogP) is 3.19. The van der Waals surface area contributed by atoms with Crippen LogP contribution >= 0.6 is 0 Å². The van der Waals surface area contributed by atoms with Gasteiger partial charge in [-0.2, -0.15) is 5.26 Å². The van der Waals surface area contributed by atoms with Gasteiger partial charge in [0.25, 0.3) is 0 Å². The third-order valence-corrected chi connectivity index (χ3v) is 5.10. The number of para-hydroxylation sites is 1. The zero-order valence-corrected chi connectivity index (χ0v) is 15.3. The van der Waals surface area contributed by atoms with E-state index in [1.807, 2.05) is 35.2 Å². The van der Waals surface area contributed by atoms with Crippen LogP contribution in [0.2, 0.25) is 0 Å². The van der Waals surface area contributed by atoms with Crippen LogP contribution in [0.15, 0.2) is 48.5 Å². The molecule has 4 rings (SSSR count). The Balaban J connectivity index is 1.43. The van der Waals surface area contributed by atoms with Crippen molar-refractivity contribution in [2.24, 2.45) is 0 Å². The quantitative estimate of drug-likeness (QED) is 0.891. The van der Waals surface area contributed by atoms with Gasteiger partial charge in [-0.15, -0.1) is 0 Å². The van der Waals surface area contributed by atoms with Gasteiger partial charge in [-0.1, -0.05) is 18.2 Å². The molecule has 28 heavy (non-hydrogen) atoms. The van der Waals surface area contributed by atoms with Crippen LogP contribution in [-0.4, -0.2) is 47.4 Å². The molecule has 0 spiro atoms.